The first-order chi connectivity index (χ1) is 13.1. The summed E-state index contributed by atoms with van der Waals surface area (Å²) in [7, 11) is 0. The Morgan fingerprint density at radius 3 is 2.63 bits per heavy atom. The van der Waals surface area contributed by atoms with Gasteiger partial charge in [0.1, 0.15) is 0 Å². The van der Waals surface area contributed by atoms with Gasteiger partial charge in [0.2, 0.25) is 11.8 Å². The van der Waals surface area contributed by atoms with Crippen LogP contribution in [-0.2, 0) is 9.59 Å². The monoisotopic (exact) mass is 450 g/mol. The van der Waals surface area contributed by atoms with Gasteiger partial charge in [-0.1, -0.05) is 12.1 Å². The molecule has 0 radical (unpaired) electrons. The fourth-order valence-corrected chi connectivity index (χ4v) is 3.51. The summed E-state index contributed by atoms with van der Waals surface area (Å²) in [5, 5.41) is 5.36. The van der Waals surface area contributed by atoms with E-state index in [1.165, 1.54) is 11.8 Å². The predicted octanol–water partition coefficient (Wildman–Crippen LogP) is 3.46. The van der Waals surface area contributed by atoms with Gasteiger partial charge in [0, 0.05) is 15.8 Å². The number of thioether (sulfide) groups is 1. The Bertz CT molecular complexity index is 831. The minimum atomic E-state index is -0.282. The van der Waals surface area contributed by atoms with Gasteiger partial charge < -0.3 is 20.1 Å². The van der Waals surface area contributed by atoms with Crippen LogP contribution in [0, 0.1) is 0 Å². The maximum Gasteiger partial charge on any atom is 0.243 e. The number of halogens is 1. The molecule has 2 N–H and O–H groups in total. The van der Waals surface area contributed by atoms with E-state index >= 15 is 0 Å². The summed E-state index contributed by atoms with van der Waals surface area (Å²) in [6.45, 7) is 1.18. The van der Waals surface area contributed by atoms with Crippen molar-refractivity contribution in [3.8, 4) is 11.5 Å². The molecule has 0 unspecified atom stereocenters. The number of benzene rings is 2. The Morgan fingerprint density at radius 2 is 1.81 bits per heavy atom. The van der Waals surface area contributed by atoms with Gasteiger partial charge >= 0.3 is 0 Å². The van der Waals surface area contributed by atoms with Crippen molar-refractivity contribution < 1.29 is 19.1 Å². The van der Waals surface area contributed by atoms with E-state index in [1.807, 2.05) is 36.4 Å². The van der Waals surface area contributed by atoms with Crippen molar-refractivity contribution >= 4 is 45.2 Å². The summed E-state index contributed by atoms with van der Waals surface area (Å²) in [5.41, 5.74) is 0.665. The summed E-state index contributed by atoms with van der Waals surface area (Å²) in [6, 6.07) is 12.9. The predicted molar refractivity (Wildman–Crippen MR) is 109 cm³/mol. The lowest BCUT2D eigenvalue weighted by molar-refractivity contribution is -0.122. The lowest BCUT2D eigenvalue weighted by atomic mass is 10.3. The van der Waals surface area contributed by atoms with Crippen LogP contribution in [0.4, 0.5) is 5.69 Å². The van der Waals surface area contributed by atoms with Crippen LogP contribution >= 0.6 is 27.7 Å². The van der Waals surface area contributed by atoms with Gasteiger partial charge in [-0.05, 0) is 46.3 Å². The van der Waals surface area contributed by atoms with Gasteiger partial charge in [0.15, 0.2) is 11.5 Å². The van der Waals surface area contributed by atoms with Crippen molar-refractivity contribution in [1.82, 2.24) is 5.32 Å². The molecule has 6 nitrogen and oxygen atoms in total. The molecular weight excluding hydrogens is 432 g/mol. The second kappa shape index (κ2) is 9.66. The molecule has 0 fully saturated rings. The molecule has 3 rings (SSSR count). The van der Waals surface area contributed by atoms with Crippen LogP contribution in [0.3, 0.4) is 0 Å². The average Bonchev–Trinajstić information content (AvgIpc) is 2.91. The number of rotatable bonds is 6. The molecule has 1 aliphatic heterocycles. The second-order valence-electron chi connectivity index (χ2n) is 5.75. The lowest BCUT2D eigenvalue weighted by Gasteiger charge is -2.10. The normalized spacial score (nSPS) is 12.8. The van der Waals surface area contributed by atoms with Crippen LogP contribution in [0.5, 0.6) is 11.5 Å². The highest BCUT2D eigenvalue weighted by Gasteiger charge is 2.12. The van der Waals surface area contributed by atoms with Crippen LogP contribution in [-0.4, -0.2) is 37.3 Å². The zero-order chi connectivity index (χ0) is 19.1. The summed E-state index contributed by atoms with van der Waals surface area (Å²) in [6.07, 6.45) is 0.848. The molecule has 0 saturated heterocycles. The standard InChI is InChI=1S/C19H19BrN2O4S/c20-14-4-1-2-5-15(14)22-18(23)11-21-19(24)12-27-13-6-7-16-17(10-13)26-9-3-8-25-16/h1-2,4-7,10H,3,8-9,11-12H2,(H,21,24)(H,22,23). The smallest absolute Gasteiger partial charge is 0.243 e. The molecule has 2 amide bonds. The van der Waals surface area contributed by atoms with Crippen LogP contribution < -0.4 is 20.1 Å². The van der Waals surface area contributed by atoms with Gasteiger partial charge in [-0.2, -0.15) is 0 Å². The van der Waals surface area contributed by atoms with Crippen molar-refractivity contribution in [2.24, 2.45) is 0 Å². The molecule has 0 atom stereocenters. The first kappa shape index (κ1) is 19.6. The van der Waals surface area contributed by atoms with E-state index in [1.54, 1.807) is 6.07 Å². The van der Waals surface area contributed by atoms with E-state index in [9.17, 15) is 9.59 Å². The van der Waals surface area contributed by atoms with Crippen LogP contribution in [0.2, 0.25) is 0 Å². The van der Waals surface area contributed by atoms with E-state index in [2.05, 4.69) is 26.6 Å². The number of fused-ring (bicyclic) bond motifs is 1. The quantitative estimate of drug-likeness (QED) is 0.658. The first-order valence-electron chi connectivity index (χ1n) is 8.45. The van der Waals surface area contributed by atoms with E-state index in [-0.39, 0.29) is 24.1 Å². The zero-order valence-electron chi connectivity index (χ0n) is 14.5. The molecule has 2 aromatic carbocycles. The molecule has 2 aromatic rings. The lowest BCUT2D eigenvalue weighted by Crippen LogP contribution is -2.33. The van der Waals surface area contributed by atoms with Gasteiger partial charge in [0.05, 0.1) is 31.2 Å². The Kier molecular flexibility index (Phi) is 7.00. The Morgan fingerprint density at radius 1 is 1.04 bits per heavy atom. The number of para-hydroxylation sites is 1. The third-order valence-corrected chi connectivity index (χ3v) is 5.37. The molecular formula is C19H19BrN2O4S. The summed E-state index contributed by atoms with van der Waals surface area (Å²) in [4.78, 5) is 24.9. The second-order valence-corrected chi connectivity index (χ2v) is 7.66. The number of hydrogen-bond donors (Lipinski definition) is 2. The number of nitrogens with one attached hydrogen (secondary N) is 2. The van der Waals surface area contributed by atoms with Crippen LogP contribution in [0.15, 0.2) is 51.8 Å². The van der Waals surface area contributed by atoms with Crippen molar-refractivity contribution in [2.75, 3.05) is 30.8 Å². The molecule has 0 bridgehead atoms. The third kappa shape index (κ3) is 5.90. The van der Waals surface area contributed by atoms with E-state index in [0.29, 0.717) is 24.7 Å². The molecule has 1 aliphatic rings. The minimum Gasteiger partial charge on any atom is -0.490 e. The molecule has 27 heavy (non-hydrogen) atoms. The fraction of sp³-hybridized carbons (Fsp3) is 0.263. The first-order valence-corrected chi connectivity index (χ1v) is 10.2. The maximum absolute atomic E-state index is 12.0. The van der Waals surface area contributed by atoms with Crippen molar-refractivity contribution in [3.63, 3.8) is 0 Å². The Hall–Kier alpha value is -2.19. The zero-order valence-corrected chi connectivity index (χ0v) is 16.9. The number of anilines is 1. The molecule has 1 heterocycles. The van der Waals surface area contributed by atoms with E-state index in [0.717, 1.165) is 21.5 Å². The number of hydrogen-bond acceptors (Lipinski definition) is 5. The number of carbonyl (C=O) groups excluding carboxylic acids is 2. The summed E-state index contributed by atoms with van der Waals surface area (Å²) < 4.78 is 12.0. The van der Waals surface area contributed by atoms with Gasteiger partial charge in [-0.25, -0.2) is 0 Å². The maximum atomic E-state index is 12.0. The molecule has 142 valence electrons. The Balaban J connectivity index is 1.44. The molecule has 0 aromatic heterocycles. The minimum absolute atomic E-state index is 0.0815. The highest BCUT2D eigenvalue weighted by molar-refractivity contribution is 9.10. The number of carbonyl (C=O) groups is 2. The molecule has 0 spiro atoms. The van der Waals surface area contributed by atoms with Gasteiger partial charge in [-0.15, -0.1) is 11.8 Å². The van der Waals surface area contributed by atoms with Crippen LogP contribution in [0.1, 0.15) is 6.42 Å². The molecule has 0 aliphatic carbocycles. The van der Waals surface area contributed by atoms with Gasteiger partial charge in [0.25, 0.3) is 0 Å². The summed E-state index contributed by atoms with van der Waals surface area (Å²) >= 11 is 4.74. The van der Waals surface area contributed by atoms with Crippen molar-refractivity contribution in [3.05, 3.63) is 46.9 Å². The largest absolute Gasteiger partial charge is 0.490 e. The number of amides is 2. The van der Waals surface area contributed by atoms with Crippen molar-refractivity contribution in [1.29, 1.82) is 0 Å². The third-order valence-electron chi connectivity index (χ3n) is 3.68. The molecule has 0 saturated carbocycles. The highest BCUT2D eigenvalue weighted by atomic mass is 79.9. The SMILES string of the molecule is O=C(CSc1ccc2c(c1)OCCCO2)NCC(=O)Nc1ccccc1Br. The van der Waals surface area contributed by atoms with Gasteiger partial charge in [-0.3, -0.25) is 9.59 Å². The van der Waals surface area contributed by atoms with Crippen LogP contribution in [0.25, 0.3) is 0 Å². The fourth-order valence-electron chi connectivity index (χ4n) is 2.37. The molecule has 8 heteroatoms. The Labute approximate surface area is 170 Å². The number of ether oxygens (including phenoxy) is 2. The topological polar surface area (TPSA) is 76.7 Å². The van der Waals surface area contributed by atoms with E-state index in [4.69, 9.17) is 9.47 Å². The van der Waals surface area contributed by atoms with Crippen molar-refractivity contribution in [2.45, 2.75) is 11.3 Å². The summed E-state index contributed by atoms with van der Waals surface area (Å²) in [5.74, 6) is 1.14. The highest BCUT2D eigenvalue weighted by Crippen LogP contribution is 2.33. The van der Waals surface area contributed by atoms with E-state index < -0.39 is 0 Å². The average molecular weight is 451 g/mol.